The lowest BCUT2D eigenvalue weighted by atomic mass is 9.53. The van der Waals surface area contributed by atoms with Gasteiger partial charge in [-0.05, 0) is 96.5 Å². The van der Waals surface area contributed by atoms with Crippen LogP contribution in [-0.4, -0.2) is 16.4 Å². The maximum Gasteiger partial charge on any atom is 0.356 e. The van der Waals surface area contributed by atoms with E-state index in [0.717, 1.165) is 7.14 Å². The van der Waals surface area contributed by atoms with E-state index in [2.05, 4.69) is 15.9 Å². The summed E-state index contributed by atoms with van der Waals surface area (Å²) in [5.41, 5.74) is -3.24. The van der Waals surface area contributed by atoms with Gasteiger partial charge in [0, 0.05) is 7.14 Å². The van der Waals surface area contributed by atoms with Gasteiger partial charge in [-0.15, -0.1) is 0 Å². The van der Waals surface area contributed by atoms with Gasteiger partial charge in [-0.3, -0.25) is 0 Å². The van der Waals surface area contributed by atoms with Crippen LogP contribution >= 0.6 is 61.1 Å². The Labute approximate surface area is 170 Å². The van der Waals surface area contributed by atoms with Crippen molar-refractivity contribution in [3.63, 3.8) is 0 Å². The Bertz CT molecular complexity index is 707. The number of halogens is 8. The zero-order valence-corrected chi connectivity index (χ0v) is 17.5. The highest BCUT2D eigenvalue weighted by Crippen LogP contribution is 2.75. The summed E-state index contributed by atoms with van der Waals surface area (Å²) in [5, 5.41) is 0. The molecule has 2 aromatic rings. The molecule has 1 aliphatic carbocycles. The molecule has 8 heteroatoms. The van der Waals surface area contributed by atoms with Crippen molar-refractivity contribution in [1.29, 1.82) is 0 Å². The van der Waals surface area contributed by atoms with Gasteiger partial charge in [-0.2, -0.15) is 17.6 Å². The molecule has 1 fully saturated rings. The SMILES string of the molecule is FC1(F)C(F)(F)C(c2ccc(I)cc2)(c2ccc(I)cc2)C1(F)Br. The molecule has 0 aromatic heterocycles. The van der Waals surface area contributed by atoms with E-state index in [1.807, 2.05) is 45.2 Å². The third kappa shape index (κ3) is 2.11. The van der Waals surface area contributed by atoms with Gasteiger partial charge in [0.15, 0.2) is 0 Å². The minimum absolute atomic E-state index is 0.209. The first-order chi connectivity index (χ1) is 11.0. The molecule has 0 radical (unpaired) electrons. The second-order valence-corrected chi connectivity index (χ2v) is 9.07. The monoisotopic (exact) mass is 628 g/mol. The zero-order valence-electron chi connectivity index (χ0n) is 11.6. The van der Waals surface area contributed by atoms with Crippen molar-refractivity contribution in [3.05, 3.63) is 66.8 Å². The van der Waals surface area contributed by atoms with Gasteiger partial charge in [-0.1, -0.05) is 24.3 Å². The maximum absolute atomic E-state index is 15.1. The molecule has 0 N–H and O–H groups in total. The highest BCUT2D eigenvalue weighted by atomic mass is 127. The number of benzene rings is 2. The molecule has 1 aliphatic rings. The van der Waals surface area contributed by atoms with Crippen LogP contribution in [-0.2, 0) is 5.41 Å². The molecular formula is C16H8BrF5I2. The van der Waals surface area contributed by atoms with Crippen LogP contribution in [0.1, 0.15) is 11.1 Å². The summed E-state index contributed by atoms with van der Waals surface area (Å²) in [5.74, 6) is -9.44. The van der Waals surface area contributed by atoms with Crippen molar-refractivity contribution in [2.75, 3.05) is 0 Å². The predicted octanol–water partition coefficient (Wildman–Crippen LogP) is 6.53. The number of rotatable bonds is 2. The first-order valence-electron chi connectivity index (χ1n) is 6.65. The number of hydrogen-bond acceptors (Lipinski definition) is 0. The smallest absolute Gasteiger partial charge is 0.223 e. The molecule has 0 bridgehead atoms. The van der Waals surface area contributed by atoms with Crippen molar-refractivity contribution in [3.8, 4) is 0 Å². The Kier molecular flexibility index (Phi) is 4.52. The summed E-state index contributed by atoms with van der Waals surface area (Å²) < 4.78 is 70.1. The average molecular weight is 629 g/mol. The lowest BCUT2D eigenvalue weighted by molar-refractivity contribution is -0.367. The zero-order chi connectivity index (χ0) is 18.0. The van der Waals surface area contributed by atoms with E-state index in [9.17, 15) is 17.6 Å². The minimum Gasteiger partial charge on any atom is -0.223 e. The molecule has 1 saturated carbocycles. The van der Waals surface area contributed by atoms with Crippen molar-refractivity contribution in [2.24, 2.45) is 0 Å². The quantitative estimate of drug-likeness (QED) is 0.202. The van der Waals surface area contributed by atoms with Gasteiger partial charge < -0.3 is 0 Å². The van der Waals surface area contributed by atoms with Crippen LogP contribution in [0, 0.1) is 7.14 Å². The third-order valence-corrected chi connectivity index (χ3v) is 6.82. The third-order valence-electron chi connectivity index (χ3n) is 4.29. The fourth-order valence-corrected chi connectivity index (χ4v) is 4.77. The largest absolute Gasteiger partial charge is 0.356 e. The Balaban J connectivity index is 2.35. The lowest BCUT2D eigenvalue weighted by Gasteiger charge is -2.61. The summed E-state index contributed by atoms with van der Waals surface area (Å²) in [6, 6.07) is 11.0. The van der Waals surface area contributed by atoms with Crippen LogP contribution < -0.4 is 0 Å². The van der Waals surface area contributed by atoms with Crippen LogP contribution in [0.4, 0.5) is 22.0 Å². The molecular weight excluding hydrogens is 621 g/mol. The van der Waals surface area contributed by atoms with Gasteiger partial charge in [0.2, 0.25) is 0 Å². The summed E-state index contributed by atoms with van der Waals surface area (Å²) in [6.07, 6.45) is 0. The molecule has 128 valence electrons. The molecule has 0 amide bonds. The van der Waals surface area contributed by atoms with Crippen molar-refractivity contribution >= 4 is 61.1 Å². The van der Waals surface area contributed by atoms with Gasteiger partial charge in [0.1, 0.15) is 5.41 Å². The topological polar surface area (TPSA) is 0 Å². The predicted molar refractivity (Wildman–Crippen MR) is 102 cm³/mol. The van der Waals surface area contributed by atoms with Crippen LogP contribution in [0.3, 0.4) is 0 Å². The first-order valence-corrected chi connectivity index (χ1v) is 9.61. The second-order valence-electron chi connectivity index (χ2n) is 5.49. The average Bonchev–Trinajstić information content (AvgIpc) is 2.50. The Morgan fingerprint density at radius 2 is 0.958 bits per heavy atom. The van der Waals surface area contributed by atoms with Gasteiger partial charge in [-0.25, -0.2) is 4.39 Å². The minimum atomic E-state index is -4.84. The lowest BCUT2D eigenvalue weighted by Crippen LogP contribution is -2.83. The highest BCUT2D eigenvalue weighted by molar-refractivity contribution is 14.1. The van der Waals surface area contributed by atoms with Crippen LogP contribution in [0.5, 0.6) is 0 Å². The summed E-state index contributed by atoms with van der Waals surface area (Å²) >= 11 is 6.21. The summed E-state index contributed by atoms with van der Waals surface area (Å²) in [4.78, 5) is 0. The van der Waals surface area contributed by atoms with Gasteiger partial charge >= 0.3 is 11.8 Å². The fraction of sp³-hybridized carbons (Fsp3) is 0.250. The first kappa shape index (κ1) is 18.8. The van der Waals surface area contributed by atoms with Crippen molar-refractivity contribution in [1.82, 2.24) is 0 Å². The standard InChI is InChI=1S/C16H8BrF5I2/c17-14(18)13(15(19,20)16(14,21)22,9-1-5-11(23)6-2-9)10-3-7-12(24)8-4-10/h1-8H. The molecule has 0 aliphatic heterocycles. The molecule has 2 aromatic carbocycles. The van der Waals surface area contributed by atoms with E-state index in [-0.39, 0.29) is 11.1 Å². The van der Waals surface area contributed by atoms with E-state index in [0.29, 0.717) is 0 Å². The van der Waals surface area contributed by atoms with Crippen molar-refractivity contribution < 1.29 is 22.0 Å². The Hall–Kier alpha value is 0.0300. The van der Waals surface area contributed by atoms with Gasteiger partial charge in [0.05, 0.1) is 0 Å². The molecule has 0 saturated heterocycles. The number of hydrogen-bond donors (Lipinski definition) is 0. The van der Waals surface area contributed by atoms with Gasteiger partial charge in [0.25, 0.3) is 4.58 Å². The van der Waals surface area contributed by atoms with E-state index >= 15 is 4.39 Å². The molecule has 0 nitrogen and oxygen atoms in total. The number of alkyl halides is 6. The summed E-state index contributed by atoms with van der Waals surface area (Å²) in [7, 11) is 0. The molecule has 1 atom stereocenters. The van der Waals surface area contributed by atoms with E-state index in [1.165, 1.54) is 48.5 Å². The molecule has 1 unspecified atom stereocenters. The van der Waals surface area contributed by atoms with Crippen molar-refractivity contribution in [2.45, 2.75) is 21.8 Å². The highest BCUT2D eigenvalue weighted by Gasteiger charge is 2.96. The van der Waals surface area contributed by atoms with Crippen LogP contribution in [0.15, 0.2) is 48.5 Å². The summed E-state index contributed by atoms with van der Waals surface area (Å²) in [6.45, 7) is 0. The molecule has 24 heavy (non-hydrogen) atoms. The van der Waals surface area contributed by atoms with E-state index < -0.39 is 21.8 Å². The maximum atomic E-state index is 15.1. The second kappa shape index (κ2) is 5.77. The Morgan fingerprint density at radius 1 is 0.625 bits per heavy atom. The van der Waals surface area contributed by atoms with E-state index in [1.54, 1.807) is 0 Å². The van der Waals surface area contributed by atoms with Crippen LogP contribution in [0.2, 0.25) is 0 Å². The molecule has 0 heterocycles. The molecule has 3 rings (SSSR count). The van der Waals surface area contributed by atoms with E-state index in [4.69, 9.17) is 0 Å². The fourth-order valence-electron chi connectivity index (χ4n) is 3.09. The molecule has 0 spiro atoms. The normalized spacial score (nSPS) is 26.7. The van der Waals surface area contributed by atoms with Crippen LogP contribution in [0.25, 0.3) is 0 Å². The Morgan fingerprint density at radius 3 is 1.25 bits per heavy atom.